The Balaban J connectivity index is 1.67. The van der Waals surface area contributed by atoms with Gasteiger partial charge < -0.3 is 16.0 Å². The van der Waals surface area contributed by atoms with Gasteiger partial charge >= 0.3 is 6.18 Å². The van der Waals surface area contributed by atoms with Gasteiger partial charge in [-0.1, -0.05) is 12.1 Å². The van der Waals surface area contributed by atoms with Crippen molar-refractivity contribution in [2.75, 3.05) is 23.7 Å². The van der Waals surface area contributed by atoms with E-state index in [1.807, 2.05) is 0 Å². The van der Waals surface area contributed by atoms with Crippen molar-refractivity contribution in [3.63, 3.8) is 0 Å². The van der Waals surface area contributed by atoms with Crippen LogP contribution in [0.5, 0.6) is 0 Å². The van der Waals surface area contributed by atoms with Gasteiger partial charge in [-0.05, 0) is 55.8 Å². The summed E-state index contributed by atoms with van der Waals surface area (Å²) in [5, 5.41) is 8.55. The number of nitrogens with one attached hydrogen (secondary N) is 3. The Morgan fingerprint density at radius 3 is 2.39 bits per heavy atom. The lowest BCUT2D eigenvalue weighted by molar-refractivity contribution is -0.137. The molecular formula is C20H20F3N3O2. The summed E-state index contributed by atoms with van der Waals surface area (Å²) in [7, 11) is 0. The molecule has 2 aromatic rings. The number of carbonyl (C=O) groups excluding carboxylic acids is 2. The number of anilines is 2. The van der Waals surface area contributed by atoms with Crippen molar-refractivity contribution in [2.45, 2.75) is 19.0 Å². The third kappa shape index (κ3) is 5.10. The van der Waals surface area contributed by atoms with E-state index in [1.165, 1.54) is 12.1 Å². The highest BCUT2D eigenvalue weighted by atomic mass is 19.4. The largest absolute Gasteiger partial charge is 0.416 e. The van der Waals surface area contributed by atoms with E-state index < -0.39 is 17.6 Å². The van der Waals surface area contributed by atoms with E-state index >= 15 is 0 Å². The summed E-state index contributed by atoms with van der Waals surface area (Å²) in [6, 6.07) is 10.7. The Morgan fingerprint density at radius 2 is 1.71 bits per heavy atom. The predicted octanol–water partition coefficient (Wildman–Crippen LogP) is 3.90. The Kier molecular flexibility index (Phi) is 5.99. The SMILES string of the molecule is O=C(Nc1cccc(NC(=O)C2CCCNC2)c1)c1cccc(C(F)(F)F)c1. The van der Waals surface area contributed by atoms with Crippen molar-refractivity contribution < 1.29 is 22.8 Å². The number of benzene rings is 2. The molecule has 0 bridgehead atoms. The van der Waals surface area contributed by atoms with Crippen LogP contribution in [-0.4, -0.2) is 24.9 Å². The van der Waals surface area contributed by atoms with Gasteiger partial charge in [0.15, 0.2) is 0 Å². The number of halogens is 3. The molecule has 1 aliphatic rings. The van der Waals surface area contributed by atoms with E-state index in [0.717, 1.165) is 31.5 Å². The van der Waals surface area contributed by atoms with Crippen LogP contribution >= 0.6 is 0 Å². The fraction of sp³-hybridized carbons (Fsp3) is 0.300. The molecule has 148 valence electrons. The van der Waals surface area contributed by atoms with Crippen molar-refractivity contribution in [3.8, 4) is 0 Å². The van der Waals surface area contributed by atoms with E-state index in [2.05, 4.69) is 16.0 Å². The van der Waals surface area contributed by atoms with Crippen LogP contribution in [0.3, 0.4) is 0 Å². The zero-order valence-electron chi connectivity index (χ0n) is 15.0. The average Bonchev–Trinajstić information content (AvgIpc) is 2.68. The minimum absolute atomic E-state index is 0.0995. The summed E-state index contributed by atoms with van der Waals surface area (Å²) in [5.41, 5.74) is -0.0980. The fourth-order valence-electron chi connectivity index (χ4n) is 3.03. The van der Waals surface area contributed by atoms with Gasteiger partial charge in [-0.15, -0.1) is 0 Å². The number of carbonyl (C=O) groups is 2. The van der Waals surface area contributed by atoms with Gasteiger partial charge in [-0.2, -0.15) is 13.2 Å². The van der Waals surface area contributed by atoms with Crippen LogP contribution in [0.15, 0.2) is 48.5 Å². The lowest BCUT2D eigenvalue weighted by Gasteiger charge is -2.22. The van der Waals surface area contributed by atoms with E-state index in [1.54, 1.807) is 24.3 Å². The first-order valence-electron chi connectivity index (χ1n) is 8.93. The van der Waals surface area contributed by atoms with Crippen molar-refractivity contribution >= 4 is 23.2 Å². The molecule has 28 heavy (non-hydrogen) atoms. The second kappa shape index (κ2) is 8.43. The predicted molar refractivity (Wildman–Crippen MR) is 100 cm³/mol. The summed E-state index contributed by atoms with van der Waals surface area (Å²) in [6.45, 7) is 1.53. The monoisotopic (exact) mass is 391 g/mol. The molecule has 1 heterocycles. The van der Waals surface area contributed by atoms with Gasteiger partial charge in [0.05, 0.1) is 11.5 Å². The number of rotatable bonds is 4. The summed E-state index contributed by atoms with van der Waals surface area (Å²) in [5.74, 6) is -0.878. The van der Waals surface area contributed by atoms with Gasteiger partial charge in [0.2, 0.25) is 5.91 Å². The zero-order chi connectivity index (χ0) is 20.1. The van der Waals surface area contributed by atoms with Crippen molar-refractivity contribution in [1.29, 1.82) is 0 Å². The second-order valence-corrected chi connectivity index (χ2v) is 6.65. The molecule has 0 aromatic heterocycles. The highest BCUT2D eigenvalue weighted by molar-refractivity contribution is 6.04. The molecule has 2 aromatic carbocycles. The maximum absolute atomic E-state index is 12.8. The van der Waals surface area contributed by atoms with Gasteiger partial charge in [-0.25, -0.2) is 0 Å². The summed E-state index contributed by atoms with van der Waals surface area (Å²) in [4.78, 5) is 24.6. The quantitative estimate of drug-likeness (QED) is 0.741. The Hall–Kier alpha value is -2.87. The number of amides is 2. The number of piperidine rings is 1. The maximum Gasteiger partial charge on any atom is 0.416 e. The van der Waals surface area contributed by atoms with Crippen LogP contribution in [0.25, 0.3) is 0 Å². The molecule has 0 spiro atoms. The second-order valence-electron chi connectivity index (χ2n) is 6.65. The van der Waals surface area contributed by atoms with Crippen LogP contribution in [0, 0.1) is 5.92 Å². The Morgan fingerprint density at radius 1 is 1.00 bits per heavy atom. The first-order chi connectivity index (χ1) is 13.3. The molecule has 0 saturated carbocycles. The molecule has 2 amide bonds. The first kappa shape index (κ1) is 19.9. The lowest BCUT2D eigenvalue weighted by Crippen LogP contribution is -2.37. The van der Waals surface area contributed by atoms with Crippen molar-refractivity contribution in [2.24, 2.45) is 5.92 Å². The molecule has 5 nitrogen and oxygen atoms in total. The van der Waals surface area contributed by atoms with Crippen LogP contribution < -0.4 is 16.0 Å². The van der Waals surface area contributed by atoms with Gasteiger partial charge in [0, 0.05) is 23.5 Å². The topological polar surface area (TPSA) is 70.2 Å². The van der Waals surface area contributed by atoms with E-state index in [-0.39, 0.29) is 17.4 Å². The third-order valence-electron chi connectivity index (χ3n) is 4.51. The molecule has 1 atom stereocenters. The minimum Gasteiger partial charge on any atom is -0.326 e. The number of hydrogen-bond donors (Lipinski definition) is 3. The van der Waals surface area contributed by atoms with Crippen LogP contribution in [0.4, 0.5) is 24.5 Å². The molecule has 1 saturated heterocycles. The van der Waals surface area contributed by atoms with Crippen molar-refractivity contribution in [3.05, 3.63) is 59.7 Å². The highest BCUT2D eigenvalue weighted by Crippen LogP contribution is 2.29. The van der Waals surface area contributed by atoms with E-state index in [9.17, 15) is 22.8 Å². The normalized spacial score (nSPS) is 17.0. The third-order valence-corrected chi connectivity index (χ3v) is 4.51. The smallest absolute Gasteiger partial charge is 0.326 e. The van der Waals surface area contributed by atoms with Crippen LogP contribution in [0.2, 0.25) is 0 Å². The highest BCUT2D eigenvalue weighted by Gasteiger charge is 2.30. The molecule has 1 fully saturated rings. The minimum atomic E-state index is -4.52. The van der Waals surface area contributed by atoms with Crippen molar-refractivity contribution in [1.82, 2.24) is 5.32 Å². The molecule has 0 radical (unpaired) electrons. The molecule has 1 aliphatic heterocycles. The molecule has 3 N–H and O–H groups in total. The summed E-state index contributed by atoms with van der Waals surface area (Å²) >= 11 is 0. The van der Waals surface area contributed by atoms with Crippen LogP contribution in [-0.2, 0) is 11.0 Å². The van der Waals surface area contributed by atoms with Gasteiger partial charge in [0.1, 0.15) is 0 Å². The molecule has 0 aliphatic carbocycles. The van der Waals surface area contributed by atoms with E-state index in [4.69, 9.17) is 0 Å². The molecule has 1 unspecified atom stereocenters. The van der Waals surface area contributed by atoms with Gasteiger partial charge in [-0.3, -0.25) is 9.59 Å². The molecule has 3 rings (SSSR count). The molecule has 8 heteroatoms. The Labute approximate surface area is 160 Å². The maximum atomic E-state index is 12.8. The lowest BCUT2D eigenvalue weighted by atomic mass is 9.99. The first-order valence-corrected chi connectivity index (χ1v) is 8.93. The summed E-state index contributed by atoms with van der Waals surface area (Å²) < 4.78 is 38.4. The van der Waals surface area contributed by atoms with E-state index in [0.29, 0.717) is 17.9 Å². The molecular weight excluding hydrogens is 371 g/mol. The summed E-state index contributed by atoms with van der Waals surface area (Å²) in [6.07, 6.45) is -2.77. The standard InChI is InChI=1S/C20H20F3N3O2/c21-20(22,23)15-6-1-4-13(10-15)18(27)25-16-7-2-8-17(11-16)26-19(28)14-5-3-9-24-12-14/h1-2,4,6-8,10-11,14,24H,3,5,9,12H2,(H,25,27)(H,26,28). The van der Waals surface area contributed by atoms with Gasteiger partial charge in [0.25, 0.3) is 5.91 Å². The zero-order valence-corrected chi connectivity index (χ0v) is 15.0. The average molecular weight is 391 g/mol. The number of alkyl halides is 3. The Bertz CT molecular complexity index is 862. The fourth-order valence-corrected chi connectivity index (χ4v) is 3.03. The van der Waals surface area contributed by atoms with Crippen LogP contribution in [0.1, 0.15) is 28.8 Å². The number of hydrogen-bond acceptors (Lipinski definition) is 3.